The van der Waals surface area contributed by atoms with Crippen LogP contribution in [0.15, 0.2) is 40.9 Å². The molecule has 0 fully saturated rings. The molecule has 1 N–H and O–H groups in total. The second kappa shape index (κ2) is 6.61. The van der Waals surface area contributed by atoms with Crippen molar-refractivity contribution in [3.05, 3.63) is 62.6 Å². The molecule has 1 atom stereocenters. The van der Waals surface area contributed by atoms with Gasteiger partial charge in [0.1, 0.15) is 5.75 Å². The zero-order valence-corrected chi connectivity index (χ0v) is 13.7. The summed E-state index contributed by atoms with van der Waals surface area (Å²) in [6, 6.07) is 11.6. The highest BCUT2D eigenvalue weighted by Gasteiger charge is 2.17. The number of hydrogen-bond acceptors (Lipinski definition) is 2. The van der Waals surface area contributed by atoms with Gasteiger partial charge in [-0.25, -0.2) is 0 Å². The molecule has 20 heavy (non-hydrogen) atoms. The molecule has 0 aliphatic rings. The number of benzene rings is 2. The molecule has 0 amide bonds. The van der Waals surface area contributed by atoms with Crippen molar-refractivity contribution in [3.8, 4) is 5.75 Å². The monoisotopic (exact) mass is 354 g/mol. The van der Waals surface area contributed by atoms with Crippen LogP contribution < -0.4 is 4.74 Å². The van der Waals surface area contributed by atoms with Crippen LogP contribution in [-0.4, -0.2) is 12.2 Å². The summed E-state index contributed by atoms with van der Waals surface area (Å²) in [5.74, 6) is 0.620. The second-order valence-corrected chi connectivity index (χ2v) is 6.01. The molecule has 2 aromatic carbocycles. The average Bonchev–Trinajstić information content (AvgIpc) is 2.37. The Morgan fingerprint density at radius 1 is 1.30 bits per heavy atom. The van der Waals surface area contributed by atoms with Crippen LogP contribution in [0.2, 0.25) is 5.02 Å². The van der Waals surface area contributed by atoms with Crippen molar-refractivity contribution in [2.75, 3.05) is 7.11 Å². The van der Waals surface area contributed by atoms with Gasteiger partial charge >= 0.3 is 0 Å². The highest BCUT2D eigenvalue weighted by Crippen LogP contribution is 2.37. The third-order valence-electron chi connectivity index (χ3n) is 3.11. The first-order chi connectivity index (χ1) is 9.51. The van der Waals surface area contributed by atoms with Gasteiger partial charge in [-0.2, -0.15) is 0 Å². The van der Waals surface area contributed by atoms with Crippen LogP contribution in [0.1, 0.15) is 22.8 Å². The van der Waals surface area contributed by atoms with Gasteiger partial charge < -0.3 is 9.84 Å². The smallest absolute Gasteiger partial charge is 0.138 e. The van der Waals surface area contributed by atoms with Gasteiger partial charge in [0.25, 0.3) is 0 Å². The minimum atomic E-state index is -0.665. The minimum Gasteiger partial charge on any atom is -0.495 e. The first-order valence-corrected chi connectivity index (χ1v) is 7.45. The molecule has 106 valence electrons. The largest absolute Gasteiger partial charge is 0.495 e. The van der Waals surface area contributed by atoms with Crippen molar-refractivity contribution in [2.24, 2.45) is 0 Å². The van der Waals surface area contributed by atoms with Gasteiger partial charge in [0.05, 0.1) is 17.7 Å². The van der Waals surface area contributed by atoms with Gasteiger partial charge in [0.2, 0.25) is 0 Å². The zero-order chi connectivity index (χ0) is 14.7. The predicted molar refractivity (Wildman–Crippen MR) is 85.5 cm³/mol. The lowest BCUT2D eigenvalue weighted by atomic mass is 9.99. The minimum absolute atomic E-state index is 0.519. The molecular formula is C16H16BrClO2. The fourth-order valence-electron chi connectivity index (χ4n) is 2.22. The maximum Gasteiger partial charge on any atom is 0.138 e. The SMILES string of the molecule is COc1c(Br)cc(Cl)cc1C(O)Cc1cccc(C)c1. The molecule has 0 radical (unpaired) electrons. The predicted octanol–water partition coefficient (Wildman–Crippen LogP) is 4.70. The number of aliphatic hydroxyl groups excluding tert-OH is 1. The van der Waals surface area contributed by atoms with E-state index in [2.05, 4.69) is 22.0 Å². The third-order valence-corrected chi connectivity index (χ3v) is 3.92. The number of rotatable bonds is 4. The molecule has 0 saturated heterocycles. The Labute approximate surface area is 132 Å². The van der Waals surface area contributed by atoms with Gasteiger partial charge in [0.15, 0.2) is 0 Å². The lowest BCUT2D eigenvalue weighted by Crippen LogP contribution is -2.05. The van der Waals surface area contributed by atoms with Gasteiger partial charge in [-0.15, -0.1) is 0 Å². The van der Waals surface area contributed by atoms with Gasteiger partial charge in [-0.05, 0) is 40.5 Å². The van der Waals surface area contributed by atoms with E-state index in [0.29, 0.717) is 22.8 Å². The summed E-state index contributed by atoms with van der Waals surface area (Å²) in [6.07, 6.45) is -0.146. The lowest BCUT2D eigenvalue weighted by Gasteiger charge is -2.17. The molecule has 0 bridgehead atoms. The Kier molecular flexibility index (Phi) is 5.08. The van der Waals surface area contributed by atoms with Crippen LogP contribution in [-0.2, 0) is 6.42 Å². The molecule has 0 aliphatic carbocycles. The molecule has 0 saturated carbocycles. The normalized spacial score (nSPS) is 12.2. The number of methoxy groups -OCH3 is 1. The van der Waals surface area contributed by atoms with E-state index in [9.17, 15) is 5.11 Å². The van der Waals surface area contributed by atoms with E-state index in [0.717, 1.165) is 10.0 Å². The van der Waals surface area contributed by atoms with Crippen LogP contribution in [0, 0.1) is 6.92 Å². The average molecular weight is 356 g/mol. The van der Waals surface area contributed by atoms with Gasteiger partial charge in [0, 0.05) is 17.0 Å². The fraction of sp³-hybridized carbons (Fsp3) is 0.250. The van der Waals surface area contributed by atoms with Crippen molar-refractivity contribution in [1.29, 1.82) is 0 Å². The van der Waals surface area contributed by atoms with Gasteiger partial charge in [-0.3, -0.25) is 0 Å². The molecule has 1 unspecified atom stereocenters. The molecule has 2 nitrogen and oxygen atoms in total. The summed E-state index contributed by atoms with van der Waals surface area (Å²) in [7, 11) is 1.58. The van der Waals surface area contributed by atoms with E-state index in [1.807, 2.05) is 25.1 Å². The first kappa shape index (κ1) is 15.4. The lowest BCUT2D eigenvalue weighted by molar-refractivity contribution is 0.174. The van der Waals surface area contributed by atoms with Crippen molar-refractivity contribution in [1.82, 2.24) is 0 Å². The van der Waals surface area contributed by atoms with Crippen LogP contribution in [0.3, 0.4) is 0 Å². The Morgan fingerprint density at radius 3 is 2.70 bits per heavy atom. The third kappa shape index (κ3) is 3.54. The van der Waals surface area contributed by atoms with Crippen molar-refractivity contribution in [2.45, 2.75) is 19.4 Å². The maximum atomic E-state index is 10.5. The summed E-state index contributed by atoms with van der Waals surface area (Å²) < 4.78 is 6.09. The molecule has 4 heteroatoms. The van der Waals surface area contributed by atoms with Crippen molar-refractivity contribution < 1.29 is 9.84 Å². The standard InChI is InChI=1S/C16H16BrClO2/c1-10-4-3-5-11(6-10)7-15(19)13-8-12(18)9-14(17)16(13)20-2/h3-6,8-9,15,19H,7H2,1-2H3. The number of aliphatic hydroxyl groups is 1. The topological polar surface area (TPSA) is 29.5 Å². The maximum absolute atomic E-state index is 10.5. The molecule has 0 aliphatic heterocycles. The second-order valence-electron chi connectivity index (χ2n) is 4.72. The fourth-order valence-corrected chi connectivity index (χ4v) is 3.21. The summed E-state index contributed by atoms with van der Waals surface area (Å²) in [6.45, 7) is 2.03. The van der Waals surface area contributed by atoms with E-state index < -0.39 is 6.10 Å². The molecular weight excluding hydrogens is 340 g/mol. The molecule has 2 aromatic rings. The first-order valence-electron chi connectivity index (χ1n) is 6.28. The highest BCUT2D eigenvalue weighted by molar-refractivity contribution is 9.10. The van der Waals surface area contributed by atoms with Crippen LogP contribution in [0.25, 0.3) is 0 Å². The van der Waals surface area contributed by atoms with Crippen LogP contribution >= 0.6 is 27.5 Å². The summed E-state index contributed by atoms with van der Waals surface area (Å²) >= 11 is 9.46. The summed E-state index contributed by atoms with van der Waals surface area (Å²) in [5.41, 5.74) is 2.94. The quantitative estimate of drug-likeness (QED) is 0.861. The van der Waals surface area contributed by atoms with E-state index in [4.69, 9.17) is 16.3 Å². The Morgan fingerprint density at radius 2 is 2.05 bits per heavy atom. The van der Waals surface area contributed by atoms with Gasteiger partial charge in [-0.1, -0.05) is 41.4 Å². The number of ether oxygens (including phenoxy) is 1. The number of hydrogen-bond donors (Lipinski definition) is 1. The van der Waals surface area contributed by atoms with E-state index in [1.165, 1.54) is 5.56 Å². The van der Waals surface area contributed by atoms with Crippen LogP contribution in [0.4, 0.5) is 0 Å². The Bertz CT molecular complexity index is 613. The molecule has 0 aromatic heterocycles. The van der Waals surface area contributed by atoms with E-state index >= 15 is 0 Å². The Balaban J connectivity index is 2.31. The number of aryl methyl sites for hydroxylation is 1. The Hall–Kier alpha value is -1.03. The molecule has 0 heterocycles. The van der Waals surface area contributed by atoms with Crippen LogP contribution in [0.5, 0.6) is 5.75 Å². The van der Waals surface area contributed by atoms with Crippen molar-refractivity contribution >= 4 is 27.5 Å². The summed E-state index contributed by atoms with van der Waals surface area (Å²) in [4.78, 5) is 0. The van der Waals surface area contributed by atoms with Crippen molar-refractivity contribution in [3.63, 3.8) is 0 Å². The van der Waals surface area contributed by atoms with E-state index in [-0.39, 0.29) is 0 Å². The highest BCUT2D eigenvalue weighted by atomic mass is 79.9. The number of halogens is 2. The molecule has 2 rings (SSSR count). The van der Waals surface area contributed by atoms with E-state index in [1.54, 1.807) is 19.2 Å². The summed E-state index contributed by atoms with van der Waals surface area (Å²) in [5, 5.41) is 11.0. The molecule has 0 spiro atoms. The zero-order valence-electron chi connectivity index (χ0n) is 11.4.